The van der Waals surface area contributed by atoms with E-state index in [0.717, 1.165) is 30.3 Å². The van der Waals surface area contributed by atoms with Crippen LogP contribution in [-0.4, -0.2) is 44.2 Å². The largest absolute Gasteiger partial charge is 0.457 e. The molecule has 3 atom stereocenters. The molecule has 2 fully saturated rings. The molecule has 5 nitrogen and oxygen atoms in total. The maximum Gasteiger partial charge on any atom is 0.127 e. The topological polar surface area (TPSA) is 52.8 Å². The van der Waals surface area contributed by atoms with Crippen molar-refractivity contribution < 1.29 is 23.7 Å². The summed E-state index contributed by atoms with van der Waals surface area (Å²) in [5, 5.41) is 0. The third-order valence-electron chi connectivity index (χ3n) is 4.38. The van der Waals surface area contributed by atoms with Crippen LogP contribution in [0.2, 0.25) is 0 Å². The molecule has 3 aliphatic rings. The van der Waals surface area contributed by atoms with Gasteiger partial charge in [0.15, 0.2) is 0 Å². The molecule has 0 bridgehead atoms. The molecule has 1 aromatic rings. The summed E-state index contributed by atoms with van der Waals surface area (Å²) in [6.45, 7) is 5.51. The molecule has 1 aliphatic carbocycles. The average Bonchev–Trinajstić information content (AvgIpc) is 3.53. The van der Waals surface area contributed by atoms with Crippen LogP contribution in [0.4, 0.5) is 0 Å². The Morgan fingerprint density at radius 3 is 2.50 bits per heavy atom. The number of ether oxygens (including phenoxy) is 5. The molecule has 138 valence electrons. The smallest absolute Gasteiger partial charge is 0.127 e. The molecule has 0 aromatic heterocycles. The van der Waals surface area contributed by atoms with Crippen molar-refractivity contribution in [2.45, 2.75) is 31.3 Å². The molecular weight excluding hydrogens is 332 g/mol. The van der Waals surface area contributed by atoms with Gasteiger partial charge in [-0.05, 0) is 48.9 Å². The van der Waals surface area contributed by atoms with Crippen LogP contribution in [0.15, 0.2) is 60.4 Å². The summed E-state index contributed by atoms with van der Waals surface area (Å²) in [5.41, 5.74) is 0.673. The molecule has 1 aromatic carbocycles. The number of hydrogen-bond acceptors (Lipinski definition) is 5. The standard InChI is InChI=1S/C21H24O5/c1-21(25-15-20-14-24-20)9-2-3-17(8-10-21)26-18-6-4-16(5-7-18)11-22-12-19-13-23-19/h2-10,19-20H,11-15H2,1H3. The first-order chi connectivity index (χ1) is 12.7. The highest BCUT2D eigenvalue weighted by molar-refractivity contribution is 5.34. The molecule has 2 aliphatic heterocycles. The lowest BCUT2D eigenvalue weighted by Crippen LogP contribution is -2.25. The molecule has 0 amide bonds. The zero-order valence-electron chi connectivity index (χ0n) is 14.9. The molecule has 0 radical (unpaired) electrons. The van der Waals surface area contributed by atoms with Gasteiger partial charge in [0.05, 0.1) is 33.0 Å². The van der Waals surface area contributed by atoms with E-state index in [1.165, 1.54) is 0 Å². The minimum atomic E-state index is -0.444. The van der Waals surface area contributed by atoms with Crippen LogP contribution in [0.25, 0.3) is 0 Å². The lowest BCUT2D eigenvalue weighted by atomic mass is 10.1. The van der Waals surface area contributed by atoms with Crippen molar-refractivity contribution in [1.29, 1.82) is 0 Å². The first kappa shape index (κ1) is 17.5. The third-order valence-corrected chi connectivity index (χ3v) is 4.38. The Hall–Kier alpha value is -1.92. The highest BCUT2D eigenvalue weighted by Crippen LogP contribution is 2.23. The summed E-state index contributed by atoms with van der Waals surface area (Å²) in [6.07, 6.45) is 10.4. The van der Waals surface area contributed by atoms with Crippen LogP contribution in [0.1, 0.15) is 12.5 Å². The Kier molecular flexibility index (Phi) is 5.22. The molecule has 3 unspecified atom stereocenters. The van der Waals surface area contributed by atoms with Gasteiger partial charge in [0.1, 0.15) is 29.3 Å². The SMILES string of the molecule is CC1(OCC2CO2)C=CC=C(Oc2ccc(COCC3CO3)cc2)C=C1. The number of hydrogen-bond donors (Lipinski definition) is 0. The van der Waals surface area contributed by atoms with E-state index in [1.54, 1.807) is 0 Å². The summed E-state index contributed by atoms with van der Waals surface area (Å²) in [6, 6.07) is 7.94. The predicted molar refractivity (Wildman–Crippen MR) is 96.9 cm³/mol. The number of benzene rings is 1. The Labute approximate surface area is 153 Å². The summed E-state index contributed by atoms with van der Waals surface area (Å²) in [5.74, 6) is 1.56. The summed E-state index contributed by atoms with van der Waals surface area (Å²) >= 11 is 0. The van der Waals surface area contributed by atoms with Crippen molar-refractivity contribution >= 4 is 0 Å². The van der Waals surface area contributed by atoms with E-state index in [1.807, 2.05) is 61.6 Å². The van der Waals surface area contributed by atoms with Crippen LogP contribution < -0.4 is 4.74 Å². The lowest BCUT2D eigenvalue weighted by molar-refractivity contribution is 0.0312. The Morgan fingerprint density at radius 1 is 1.04 bits per heavy atom. The number of epoxide rings is 2. The zero-order valence-corrected chi connectivity index (χ0v) is 14.9. The second-order valence-electron chi connectivity index (χ2n) is 6.93. The van der Waals surface area contributed by atoms with Gasteiger partial charge in [-0.1, -0.05) is 18.2 Å². The Bertz CT molecular complexity index is 698. The van der Waals surface area contributed by atoms with Gasteiger partial charge in [-0.25, -0.2) is 0 Å². The average molecular weight is 356 g/mol. The van der Waals surface area contributed by atoms with Crippen molar-refractivity contribution in [2.24, 2.45) is 0 Å². The third kappa shape index (κ3) is 5.29. The lowest BCUT2D eigenvalue weighted by Gasteiger charge is -2.21. The van der Waals surface area contributed by atoms with Gasteiger partial charge in [0.2, 0.25) is 0 Å². The van der Waals surface area contributed by atoms with Crippen LogP contribution in [0.5, 0.6) is 5.75 Å². The Balaban J connectivity index is 1.28. The summed E-state index contributed by atoms with van der Waals surface area (Å²) in [4.78, 5) is 0. The van der Waals surface area contributed by atoms with Gasteiger partial charge in [0, 0.05) is 0 Å². The van der Waals surface area contributed by atoms with Gasteiger partial charge in [0.25, 0.3) is 0 Å². The van der Waals surface area contributed by atoms with E-state index in [0.29, 0.717) is 25.9 Å². The molecule has 2 saturated heterocycles. The van der Waals surface area contributed by atoms with E-state index in [4.69, 9.17) is 23.7 Å². The monoisotopic (exact) mass is 356 g/mol. The van der Waals surface area contributed by atoms with Crippen LogP contribution in [-0.2, 0) is 25.6 Å². The highest BCUT2D eigenvalue weighted by Gasteiger charge is 2.27. The van der Waals surface area contributed by atoms with E-state index < -0.39 is 5.60 Å². The second kappa shape index (κ2) is 7.76. The fraction of sp³-hybridized carbons (Fsp3) is 0.429. The van der Waals surface area contributed by atoms with Crippen molar-refractivity contribution in [1.82, 2.24) is 0 Å². The van der Waals surface area contributed by atoms with E-state index in [2.05, 4.69) is 0 Å². The van der Waals surface area contributed by atoms with Crippen LogP contribution >= 0.6 is 0 Å². The minimum Gasteiger partial charge on any atom is -0.457 e. The molecular formula is C21H24O5. The normalized spacial score (nSPS) is 29.2. The summed E-state index contributed by atoms with van der Waals surface area (Å²) < 4.78 is 27.8. The van der Waals surface area contributed by atoms with E-state index in [-0.39, 0.29) is 6.10 Å². The van der Waals surface area contributed by atoms with Crippen molar-refractivity contribution in [3.05, 3.63) is 66.0 Å². The fourth-order valence-corrected chi connectivity index (χ4v) is 2.56. The number of allylic oxidation sites excluding steroid dienone is 3. The fourth-order valence-electron chi connectivity index (χ4n) is 2.56. The molecule has 26 heavy (non-hydrogen) atoms. The molecule has 0 N–H and O–H groups in total. The van der Waals surface area contributed by atoms with Crippen molar-refractivity contribution in [3.63, 3.8) is 0 Å². The van der Waals surface area contributed by atoms with E-state index in [9.17, 15) is 0 Å². The molecule has 2 heterocycles. The molecule has 5 heteroatoms. The van der Waals surface area contributed by atoms with Gasteiger partial charge >= 0.3 is 0 Å². The Morgan fingerprint density at radius 2 is 1.77 bits per heavy atom. The molecule has 0 saturated carbocycles. The predicted octanol–water partition coefficient (Wildman–Crippen LogP) is 3.16. The van der Waals surface area contributed by atoms with E-state index >= 15 is 0 Å². The molecule has 0 spiro atoms. The van der Waals surface area contributed by atoms with Crippen molar-refractivity contribution in [3.8, 4) is 5.75 Å². The maximum absolute atomic E-state index is 5.96. The first-order valence-corrected chi connectivity index (χ1v) is 8.99. The van der Waals surface area contributed by atoms with Crippen LogP contribution in [0, 0.1) is 0 Å². The van der Waals surface area contributed by atoms with Gasteiger partial charge in [-0.3, -0.25) is 0 Å². The van der Waals surface area contributed by atoms with Crippen molar-refractivity contribution in [2.75, 3.05) is 26.4 Å². The maximum atomic E-state index is 5.96. The second-order valence-corrected chi connectivity index (χ2v) is 6.93. The highest BCUT2D eigenvalue weighted by atomic mass is 16.6. The quantitative estimate of drug-likeness (QED) is 0.636. The zero-order chi connectivity index (χ0) is 17.8. The van der Waals surface area contributed by atoms with Crippen LogP contribution in [0.3, 0.4) is 0 Å². The van der Waals surface area contributed by atoms with Gasteiger partial charge < -0.3 is 23.7 Å². The first-order valence-electron chi connectivity index (χ1n) is 8.99. The molecule has 4 rings (SSSR count). The van der Waals surface area contributed by atoms with Gasteiger partial charge in [-0.15, -0.1) is 0 Å². The summed E-state index contributed by atoms with van der Waals surface area (Å²) in [7, 11) is 0. The van der Waals surface area contributed by atoms with Gasteiger partial charge in [-0.2, -0.15) is 0 Å². The minimum absolute atomic E-state index is 0.250. The number of rotatable bonds is 9.